The molecule has 0 aromatic rings. The van der Waals surface area contributed by atoms with Crippen LogP contribution in [0.4, 0.5) is 0 Å². The monoisotopic (exact) mass is 1470 g/mol. The molecule has 19 N–H and O–H groups in total. The summed E-state index contributed by atoms with van der Waals surface area (Å²) >= 11 is 0. The Labute approximate surface area is 589 Å². The van der Waals surface area contributed by atoms with Gasteiger partial charge in [-0.3, -0.25) is 4.79 Å². The number of hydrogen-bond acceptors (Lipinski definition) is 34. The van der Waals surface area contributed by atoms with Crippen LogP contribution >= 0.6 is 0 Å². The van der Waals surface area contributed by atoms with Gasteiger partial charge in [0, 0.05) is 0 Å². The summed E-state index contributed by atoms with van der Waals surface area (Å²) in [5, 5.41) is 209. The average Bonchev–Trinajstić information content (AvgIpc) is 0.671. The molecule has 0 aromatic carbocycles. The molecule has 5 aliphatic carbocycles. The zero-order valence-electron chi connectivity index (χ0n) is 58.6. The average molecular weight is 1470 g/mol. The van der Waals surface area contributed by atoms with Gasteiger partial charge in [-0.1, -0.05) is 60.1 Å². The fraction of sp³-hybridized carbons (Fsp3) is 0.956. The standard InChI is InChI=1S/C68H110O34/c1-25-50(97-57-47(85)51(31(74)24-91-57)98-55-44(82)38(76)28(71)21-89-55)53(100-56-45(83)39(77)29(72)22-90-56)49(87)59(93-25)101-54-40(78)30(73)23-92-61(54)102-62(88)68-16-15-63(2,3)17-27(68)26-9-10-35-65(6)13-12-37(64(4,5)34(65)11-14-66(35,7)67(26,8)18-36(68)75)96-60-48(86)52(42(80)33(20-70)95-60)99-58-46(84)43(81)41(79)32(19-69)94-58/h9,25,27-61,69-87H,10-24H2,1-8H3/t25-,27-,28-,29-,30-,31+,32+,33+,34?,35?,36+,37-,38-,39-,40-,41+,42+,43-,44+,45+,46+,47+,48+,49+,50-,51-,52-,53-,54+,55-,56-,57-,58-,59-,60-,61-,65-,66+,67+,68+/m0/s1. The summed E-state index contributed by atoms with van der Waals surface area (Å²) in [5.74, 6) is -1.43. The summed E-state index contributed by atoms with van der Waals surface area (Å²) in [4.78, 5) is 15.8. The van der Waals surface area contributed by atoms with Crippen molar-refractivity contribution in [3.8, 4) is 0 Å². The van der Waals surface area contributed by atoms with Crippen molar-refractivity contribution in [3.05, 3.63) is 11.6 Å². The molecule has 7 heterocycles. The molecule has 12 rings (SSSR count). The first-order chi connectivity index (χ1) is 47.9. The summed E-state index contributed by atoms with van der Waals surface area (Å²) < 4.78 is 83.9. The van der Waals surface area contributed by atoms with Crippen LogP contribution in [0.5, 0.6) is 0 Å². The number of fused-ring (bicyclic) bond motifs is 7. The Morgan fingerprint density at radius 1 is 0.451 bits per heavy atom. The lowest BCUT2D eigenvalue weighted by Gasteiger charge is -2.71. The van der Waals surface area contributed by atoms with E-state index in [9.17, 15) is 97.0 Å². The highest BCUT2D eigenvalue weighted by Gasteiger charge is 2.73. The van der Waals surface area contributed by atoms with E-state index in [2.05, 4.69) is 54.5 Å². The number of carbonyl (C=O) groups is 1. The number of aliphatic hydroxyl groups excluding tert-OH is 19. The summed E-state index contributed by atoms with van der Waals surface area (Å²) in [6.07, 6.45) is -48.2. The molecular formula is C68H110O34. The fourth-order valence-corrected chi connectivity index (χ4v) is 19.9. The Kier molecular flexibility index (Phi) is 23.4. The van der Waals surface area contributed by atoms with Gasteiger partial charge >= 0.3 is 5.97 Å². The van der Waals surface area contributed by atoms with E-state index in [0.717, 1.165) is 5.57 Å². The van der Waals surface area contributed by atoms with Gasteiger partial charge in [-0.05, 0) is 110 Å². The van der Waals surface area contributed by atoms with Gasteiger partial charge < -0.3 is 163 Å². The van der Waals surface area contributed by atoms with Crippen LogP contribution in [0.2, 0.25) is 0 Å². The molecule has 0 aromatic heterocycles. The van der Waals surface area contributed by atoms with Crippen LogP contribution in [-0.4, -0.2) is 345 Å². The quantitative estimate of drug-likeness (QED) is 0.0389. The van der Waals surface area contributed by atoms with Crippen LogP contribution in [0.25, 0.3) is 0 Å². The Balaban J connectivity index is 0.766. The fourth-order valence-electron chi connectivity index (χ4n) is 19.9. The molecule has 0 radical (unpaired) electrons. The summed E-state index contributed by atoms with van der Waals surface area (Å²) in [6.45, 7) is 13.0. The van der Waals surface area contributed by atoms with Crippen molar-refractivity contribution in [1.29, 1.82) is 0 Å². The predicted octanol–water partition coefficient (Wildman–Crippen LogP) is -6.01. The lowest BCUT2D eigenvalue weighted by molar-refractivity contribution is -0.392. The molecule has 0 bridgehead atoms. The first kappa shape index (κ1) is 79.5. The SMILES string of the molecule is C[C@@H]1O[C@@H](O[C@H]2[C@H](OC(=O)[C@]34CCC(C)(C)C[C@H]3C3=CCC5[C@@]6(C)CC[C@H](O[C@@H]7O[C@H](CO)[C@@H](O)[C@H](O[C@@H]8O[C@H](CO)[C@@H](O)[C@H](O)[C@H]8O)[C@H]7O)C(C)(C)C6CC[C@@]5(C)[C@]3(C)C[C@H]4O)OC[C@H](O)[C@@H]2O)[C@H](O)[C@H](O[C@@H]2OC[C@H](O)[C@H](O)[C@H]2O)[C@H]1O[C@@H]1OC[C@@H](O)[C@H](O[C@@H]2OC[C@H](O)[C@H](O)[C@H]2O)[C@H]1O. The number of aliphatic hydroxyl groups is 19. The van der Waals surface area contributed by atoms with Crippen molar-refractivity contribution in [2.24, 2.45) is 50.2 Å². The van der Waals surface area contributed by atoms with E-state index in [0.29, 0.717) is 44.9 Å². The van der Waals surface area contributed by atoms with Gasteiger partial charge in [-0.25, -0.2) is 0 Å². The normalized spacial score (nSPS) is 54.8. The molecule has 34 heteroatoms. The minimum Gasteiger partial charge on any atom is -0.432 e. The molecule has 11 fully saturated rings. The van der Waals surface area contributed by atoms with Crippen molar-refractivity contribution in [3.63, 3.8) is 0 Å². The Bertz CT molecular complexity index is 2900. The third kappa shape index (κ3) is 13.7. The van der Waals surface area contributed by atoms with E-state index in [1.165, 1.54) is 6.92 Å². The van der Waals surface area contributed by atoms with Crippen LogP contribution in [0.1, 0.15) is 113 Å². The predicted molar refractivity (Wildman–Crippen MR) is 337 cm³/mol. The summed E-state index contributed by atoms with van der Waals surface area (Å²) in [7, 11) is 0. The van der Waals surface area contributed by atoms with Gasteiger partial charge in [0.15, 0.2) is 43.8 Å². The van der Waals surface area contributed by atoms with Crippen LogP contribution in [-0.2, 0) is 71.1 Å². The van der Waals surface area contributed by atoms with Gasteiger partial charge in [0.2, 0.25) is 6.29 Å². The molecule has 4 saturated carbocycles. The Morgan fingerprint density at radius 3 is 1.56 bits per heavy atom. The highest BCUT2D eigenvalue weighted by Crippen LogP contribution is 2.76. The van der Waals surface area contributed by atoms with Gasteiger partial charge in [0.1, 0.15) is 140 Å². The lowest BCUT2D eigenvalue weighted by atomic mass is 9.33. The second-order valence-corrected chi connectivity index (χ2v) is 33.0. The second-order valence-electron chi connectivity index (χ2n) is 33.0. The lowest BCUT2D eigenvalue weighted by Crippen LogP contribution is -2.68. The highest BCUT2D eigenvalue weighted by molar-refractivity contribution is 5.80. The largest absolute Gasteiger partial charge is 0.432 e. The second kappa shape index (κ2) is 30.0. The Morgan fingerprint density at radius 2 is 0.941 bits per heavy atom. The van der Waals surface area contributed by atoms with Gasteiger partial charge in [-0.2, -0.15) is 0 Å². The molecule has 102 heavy (non-hydrogen) atoms. The van der Waals surface area contributed by atoms with E-state index < -0.39 is 276 Å². The number of esters is 1. The van der Waals surface area contributed by atoms with Gasteiger partial charge in [0.25, 0.3) is 0 Å². The van der Waals surface area contributed by atoms with E-state index in [1.807, 2.05) is 0 Å². The third-order valence-electron chi connectivity index (χ3n) is 26.2. The van der Waals surface area contributed by atoms with Crippen LogP contribution in [0.3, 0.4) is 0 Å². The molecular weight excluding hydrogens is 1360 g/mol. The minimum absolute atomic E-state index is 0.00126. The molecule has 12 aliphatic rings. The maximum atomic E-state index is 15.8. The number of allylic oxidation sites excluding steroid dienone is 2. The zero-order valence-corrected chi connectivity index (χ0v) is 58.6. The van der Waals surface area contributed by atoms with Crippen LogP contribution in [0, 0.1) is 50.2 Å². The number of ether oxygens (including phenoxy) is 14. The summed E-state index contributed by atoms with van der Waals surface area (Å²) in [5.41, 5.74) is -3.06. The van der Waals surface area contributed by atoms with Crippen molar-refractivity contribution in [1.82, 2.24) is 0 Å². The van der Waals surface area contributed by atoms with Crippen molar-refractivity contribution in [2.45, 2.75) is 316 Å². The first-order valence-electron chi connectivity index (χ1n) is 36.0. The molecule has 2 unspecified atom stereocenters. The van der Waals surface area contributed by atoms with E-state index in [4.69, 9.17) is 66.3 Å². The van der Waals surface area contributed by atoms with Gasteiger partial charge in [-0.15, -0.1) is 0 Å². The van der Waals surface area contributed by atoms with Crippen LogP contribution in [0.15, 0.2) is 11.6 Å². The van der Waals surface area contributed by atoms with Crippen molar-refractivity contribution >= 4 is 5.97 Å². The van der Waals surface area contributed by atoms with E-state index in [1.54, 1.807) is 0 Å². The molecule has 7 saturated heterocycles. The number of rotatable bonds is 16. The van der Waals surface area contributed by atoms with E-state index >= 15 is 4.79 Å². The topological polar surface area (TPSA) is 531 Å². The maximum absolute atomic E-state index is 15.8. The minimum atomic E-state index is -2.09. The molecule has 586 valence electrons. The summed E-state index contributed by atoms with van der Waals surface area (Å²) in [6, 6.07) is 0. The Hall–Kier alpha value is -2.07. The highest BCUT2D eigenvalue weighted by atomic mass is 16.8. The van der Waals surface area contributed by atoms with Crippen molar-refractivity contribution in [2.75, 3.05) is 39.6 Å². The van der Waals surface area contributed by atoms with Crippen LogP contribution < -0.4 is 0 Å². The molecule has 34 nitrogen and oxygen atoms in total. The first-order valence-corrected chi connectivity index (χ1v) is 36.0. The number of carbonyl (C=O) groups excluding carboxylic acids is 1. The molecule has 40 atom stereocenters. The molecule has 7 aliphatic heterocycles. The maximum Gasteiger partial charge on any atom is 0.317 e. The zero-order chi connectivity index (χ0) is 74.2. The number of hydrogen-bond donors (Lipinski definition) is 19. The molecule has 0 spiro atoms. The van der Waals surface area contributed by atoms with Gasteiger partial charge in [0.05, 0.1) is 58.0 Å². The smallest absolute Gasteiger partial charge is 0.317 e. The van der Waals surface area contributed by atoms with E-state index in [-0.39, 0.29) is 35.5 Å². The molecule has 0 amide bonds. The van der Waals surface area contributed by atoms with Crippen molar-refractivity contribution < 1.29 is 168 Å². The third-order valence-corrected chi connectivity index (χ3v) is 26.2.